The van der Waals surface area contributed by atoms with Gasteiger partial charge in [0.25, 0.3) is 0 Å². The lowest BCUT2D eigenvalue weighted by atomic mass is 9.35. The van der Waals surface area contributed by atoms with E-state index in [4.69, 9.17) is 20.9 Å². The van der Waals surface area contributed by atoms with Gasteiger partial charge < -0.3 is 20.9 Å². The molecular formula is C11H22N2O2. The molecule has 4 nitrogen and oxygen atoms in total. The molecule has 0 atom stereocenters. The van der Waals surface area contributed by atoms with Crippen LogP contribution in [0.25, 0.3) is 0 Å². The van der Waals surface area contributed by atoms with E-state index in [0.29, 0.717) is 37.1 Å². The molecule has 88 valence electrons. The van der Waals surface area contributed by atoms with E-state index in [-0.39, 0.29) is 0 Å². The molecule has 2 bridgehead atoms. The summed E-state index contributed by atoms with van der Waals surface area (Å²) in [5.74, 6) is 0. The van der Waals surface area contributed by atoms with Crippen LogP contribution in [0.2, 0.25) is 0 Å². The summed E-state index contributed by atoms with van der Waals surface area (Å²) < 4.78 is 11.0. The van der Waals surface area contributed by atoms with E-state index in [0.717, 1.165) is 13.2 Å². The molecule has 4 heteroatoms. The predicted molar refractivity (Wildman–Crippen MR) is 58.5 cm³/mol. The van der Waals surface area contributed by atoms with Crippen molar-refractivity contribution in [2.45, 2.75) is 19.3 Å². The third-order valence-electron chi connectivity index (χ3n) is 3.59. The quantitative estimate of drug-likeness (QED) is 0.563. The van der Waals surface area contributed by atoms with Crippen molar-refractivity contribution in [1.82, 2.24) is 0 Å². The third kappa shape index (κ3) is 2.18. The van der Waals surface area contributed by atoms with Crippen LogP contribution in [0.15, 0.2) is 0 Å². The summed E-state index contributed by atoms with van der Waals surface area (Å²) >= 11 is 0. The topological polar surface area (TPSA) is 70.5 Å². The van der Waals surface area contributed by atoms with Crippen molar-refractivity contribution in [3.05, 3.63) is 0 Å². The zero-order valence-electron chi connectivity index (χ0n) is 9.34. The summed E-state index contributed by atoms with van der Waals surface area (Å²) in [5, 5.41) is 0. The van der Waals surface area contributed by atoms with Crippen LogP contribution >= 0.6 is 0 Å². The fourth-order valence-electron chi connectivity index (χ4n) is 3.28. The van der Waals surface area contributed by atoms with Crippen LogP contribution in [0.5, 0.6) is 0 Å². The average molecular weight is 214 g/mol. The first-order valence-corrected chi connectivity index (χ1v) is 5.80. The molecule has 3 aliphatic carbocycles. The Morgan fingerprint density at radius 3 is 1.53 bits per heavy atom. The number of hydrogen-bond acceptors (Lipinski definition) is 4. The highest BCUT2D eigenvalue weighted by atomic mass is 16.5. The van der Waals surface area contributed by atoms with E-state index in [1.54, 1.807) is 0 Å². The summed E-state index contributed by atoms with van der Waals surface area (Å²) in [5.41, 5.74) is 11.7. The van der Waals surface area contributed by atoms with Gasteiger partial charge in [-0.3, -0.25) is 0 Å². The molecule has 3 fully saturated rings. The van der Waals surface area contributed by atoms with Gasteiger partial charge in [-0.1, -0.05) is 0 Å². The summed E-state index contributed by atoms with van der Waals surface area (Å²) in [6.07, 6.45) is 3.82. The Hall–Kier alpha value is -0.160. The van der Waals surface area contributed by atoms with Crippen molar-refractivity contribution in [1.29, 1.82) is 0 Å². The summed E-state index contributed by atoms with van der Waals surface area (Å²) in [4.78, 5) is 0. The zero-order chi connectivity index (χ0) is 10.8. The van der Waals surface area contributed by atoms with E-state index in [1.807, 2.05) is 0 Å². The predicted octanol–water partition coefficient (Wildman–Crippen LogP) is 0.107. The second-order valence-electron chi connectivity index (χ2n) is 5.21. The molecule has 0 aliphatic heterocycles. The number of hydrogen-bond donors (Lipinski definition) is 2. The molecule has 3 saturated carbocycles. The maximum Gasteiger partial charge on any atom is 0.0588 e. The lowest BCUT2D eigenvalue weighted by Crippen LogP contribution is -2.65. The molecule has 0 saturated heterocycles. The lowest BCUT2D eigenvalue weighted by Gasteiger charge is -2.70. The third-order valence-corrected chi connectivity index (χ3v) is 3.59. The Labute approximate surface area is 91.3 Å². The smallest absolute Gasteiger partial charge is 0.0588 e. The van der Waals surface area contributed by atoms with Crippen molar-refractivity contribution in [2.75, 3.05) is 39.5 Å². The van der Waals surface area contributed by atoms with Crippen molar-refractivity contribution in [3.8, 4) is 0 Å². The summed E-state index contributed by atoms with van der Waals surface area (Å²) in [6.45, 7) is 4.42. The number of rotatable bonds is 8. The fraction of sp³-hybridized carbons (Fsp3) is 1.00. The minimum atomic E-state index is 0.487. The average Bonchev–Trinajstić information content (AvgIpc) is 2.11. The van der Waals surface area contributed by atoms with Gasteiger partial charge in [0.2, 0.25) is 0 Å². The minimum Gasteiger partial charge on any atom is -0.380 e. The van der Waals surface area contributed by atoms with E-state index in [2.05, 4.69) is 0 Å². The van der Waals surface area contributed by atoms with E-state index in [1.165, 1.54) is 19.3 Å². The minimum absolute atomic E-state index is 0.487. The van der Waals surface area contributed by atoms with Crippen LogP contribution in [0, 0.1) is 10.8 Å². The number of ether oxygens (including phenoxy) is 2. The van der Waals surface area contributed by atoms with Gasteiger partial charge in [0.15, 0.2) is 0 Å². The van der Waals surface area contributed by atoms with E-state index >= 15 is 0 Å². The Bertz CT molecular complexity index is 181. The first-order chi connectivity index (χ1) is 7.24. The monoisotopic (exact) mass is 214 g/mol. The van der Waals surface area contributed by atoms with Gasteiger partial charge in [0, 0.05) is 13.1 Å². The highest BCUT2D eigenvalue weighted by Gasteiger charge is 2.67. The molecule has 0 spiro atoms. The standard InChI is InChI=1S/C11H22N2O2/c12-1-3-14-8-10-5-11(6-10,7-10)9-15-4-2-13/h1-9,12-13H2. The molecule has 0 unspecified atom stereocenters. The van der Waals surface area contributed by atoms with Gasteiger partial charge in [-0.2, -0.15) is 0 Å². The molecule has 0 heterocycles. The highest BCUT2D eigenvalue weighted by Crippen LogP contribution is 2.73. The second kappa shape index (κ2) is 4.37. The van der Waals surface area contributed by atoms with Crippen molar-refractivity contribution in [3.63, 3.8) is 0 Å². The summed E-state index contributed by atoms with van der Waals surface area (Å²) in [7, 11) is 0. The largest absolute Gasteiger partial charge is 0.380 e. The molecule has 0 amide bonds. The Balaban J connectivity index is 1.58. The highest BCUT2D eigenvalue weighted by molar-refractivity contribution is 5.16. The Kier molecular flexibility index (Phi) is 3.30. The molecule has 3 rings (SSSR count). The SMILES string of the molecule is NCCOCC12CC(COCCN)(C1)C2. The van der Waals surface area contributed by atoms with Gasteiger partial charge in [-0.25, -0.2) is 0 Å². The zero-order valence-corrected chi connectivity index (χ0v) is 9.34. The lowest BCUT2D eigenvalue weighted by molar-refractivity contribution is -0.252. The maximum atomic E-state index is 5.51. The molecule has 3 aliphatic rings. The van der Waals surface area contributed by atoms with Crippen LogP contribution in [0.3, 0.4) is 0 Å². The first-order valence-electron chi connectivity index (χ1n) is 5.80. The molecular weight excluding hydrogens is 192 g/mol. The number of nitrogens with two attached hydrogens (primary N) is 2. The van der Waals surface area contributed by atoms with E-state index < -0.39 is 0 Å². The normalized spacial score (nSPS) is 37.2. The molecule has 0 aromatic carbocycles. The Morgan fingerprint density at radius 1 is 0.800 bits per heavy atom. The van der Waals surface area contributed by atoms with Gasteiger partial charge >= 0.3 is 0 Å². The first kappa shape index (κ1) is 11.3. The van der Waals surface area contributed by atoms with Crippen molar-refractivity contribution >= 4 is 0 Å². The van der Waals surface area contributed by atoms with Gasteiger partial charge in [-0.05, 0) is 30.1 Å². The van der Waals surface area contributed by atoms with E-state index in [9.17, 15) is 0 Å². The van der Waals surface area contributed by atoms with Gasteiger partial charge in [0.1, 0.15) is 0 Å². The van der Waals surface area contributed by atoms with Crippen molar-refractivity contribution < 1.29 is 9.47 Å². The van der Waals surface area contributed by atoms with Crippen LogP contribution in [-0.2, 0) is 9.47 Å². The fourth-order valence-corrected chi connectivity index (χ4v) is 3.28. The van der Waals surface area contributed by atoms with Crippen LogP contribution < -0.4 is 11.5 Å². The molecule has 4 N–H and O–H groups in total. The molecule has 15 heavy (non-hydrogen) atoms. The van der Waals surface area contributed by atoms with Crippen LogP contribution in [-0.4, -0.2) is 39.5 Å². The maximum absolute atomic E-state index is 5.51. The van der Waals surface area contributed by atoms with Crippen LogP contribution in [0.1, 0.15) is 19.3 Å². The van der Waals surface area contributed by atoms with Gasteiger partial charge in [0.05, 0.1) is 26.4 Å². The van der Waals surface area contributed by atoms with Crippen molar-refractivity contribution in [2.24, 2.45) is 22.3 Å². The van der Waals surface area contributed by atoms with Crippen LogP contribution in [0.4, 0.5) is 0 Å². The molecule has 0 aromatic rings. The second-order valence-corrected chi connectivity index (χ2v) is 5.21. The Morgan fingerprint density at radius 2 is 1.20 bits per heavy atom. The molecule has 0 radical (unpaired) electrons. The van der Waals surface area contributed by atoms with Gasteiger partial charge in [-0.15, -0.1) is 0 Å². The summed E-state index contributed by atoms with van der Waals surface area (Å²) in [6, 6.07) is 0. The molecule has 0 aromatic heterocycles.